The average Bonchev–Trinajstić information content (AvgIpc) is 4.25. The summed E-state index contributed by atoms with van der Waals surface area (Å²) in [5, 5.41) is 17.2. The van der Waals surface area contributed by atoms with Gasteiger partial charge in [-0.05, 0) is 47.4 Å². The van der Waals surface area contributed by atoms with E-state index in [2.05, 4.69) is 60.9 Å². The number of aromatic amines is 2. The van der Waals surface area contributed by atoms with E-state index < -0.39 is 23.4 Å². The highest BCUT2D eigenvalue weighted by Crippen LogP contribution is 2.32. The summed E-state index contributed by atoms with van der Waals surface area (Å²) in [6.07, 6.45) is 9.49. The maximum atomic E-state index is 15.1. The van der Waals surface area contributed by atoms with Crippen molar-refractivity contribution >= 4 is 45.7 Å². The number of nitrogens with zero attached hydrogens (tertiary/aromatic N) is 11. The van der Waals surface area contributed by atoms with E-state index in [0.29, 0.717) is 87.3 Å². The number of aromatic nitrogens is 11. The molecule has 1 aliphatic rings. The van der Waals surface area contributed by atoms with Crippen LogP contribution in [0.1, 0.15) is 97.7 Å². The summed E-state index contributed by atoms with van der Waals surface area (Å²) in [5.74, 6) is -0.240. The molecule has 20 nitrogen and oxygen atoms in total. The lowest BCUT2D eigenvalue weighted by molar-refractivity contribution is 0.0911. The summed E-state index contributed by atoms with van der Waals surface area (Å²) in [7, 11) is 5.30. The predicted octanol–water partition coefficient (Wildman–Crippen LogP) is 8.53. The number of benzene rings is 2. The summed E-state index contributed by atoms with van der Waals surface area (Å²) >= 11 is 0. The van der Waals surface area contributed by atoms with E-state index in [4.69, 9.17) is 9.05 Å². The van der Waals surface area contributed by atoms with Gasteiger partial charge in [0, 0.05) is 105 Å². The lowest BCUT2D eigenvalue weighted by atomic mass is 9.92. The van der Waals surface area contributed by atoms with Crippen LogP contribution in [-0.4, -0.2) is 110 Å². The van der Waals surface area contributed by atoms with Crippen molar-refractivity contribution < 1.29 is 32.2 Å². The number of H-pyrrole nitrogens is 2. The minimum absolute atomic E-state index is 0.0114. The van der Waals surface area contributed by atoms with Crippen LogP contribution < -0.4 is 10.6 Å². The highest BCUT2D eigenvalue weighted by Gasteiger charge is 2.26. The topological polar surface area (TPSA) is 248 Å². The lowest BCUT2D eigenvalue weighted by Crippen LogP contribution is -2.41. The molecule has 4 amide bonds. The number of urea groups is 1. The van der Waals surface area contributed by atoms with Crippen LogP contribution in [0, 0.1) is 11.6 Å². The zero-order valence-electron chi connectivity index (χ0n) is 42.8. The third kappa shape index (κ3) is 11.2. The maximum Gasteiger partial charge on any atom is 0.319 e. The molecule has 75 heavy (non-hydrogen) atoms. The van der Waals surface area contributed by atoms with E-state index in [1.165, 1.54) is 12.1 Å². The molecular weight excluding hydrogens is 965 g/mol. The highest BCUT2D eigenvalue weighted by molar-refractivity contribution is 5.93. The van der Waals surface area contributed by atoms with Gasteiger partial charge < -0.3 is 39.4 Å². The first kappa shape index (κ1) is 51.0. The Bertz CT molecular complexity index is 3630. The number of carbonyl (C=O) groups excluding carboxylic acids is 3. The van der Waals surface area contributed by atoms with Crippen LogP contribution in [0.25, 0.3) is 61.5 Å². The molecule has 9 aromatic rings. The van der Waals surface area contributed by atoms with Crippen LogP contribution in [0.5, 0.6) is 0 Å². The molecule has 22 heteroatoms. The van der Waals surface area contributed by atoms with Crippen molar-refractivity contribution in [2.75, 3.05) is 27.2 Å². The number of rotatable bonds is 10. The monoisotopic (exact) mass is 1020 g/mol. The Morgan fingerprint density at radius 1 is 0.733 bits per heavy atom. The molecule has 4 N–H and O–H groups in total. The highest BCUT2D eigenvalue weighted by atomic mass is 19.1. The molecule has 7 aromatic heterocycles. The van der Waals surface area contributed by atoms with Gasteiger partial charge in [0.2, 0.25) is 11.7 Å². The van der Waals surface area contributed by atoms with Gasteiger partial charge in [0.1, 0.15) is 23.3 Å². The molecule has 0 fully saturated rings. The maximum absolute atomic E-state index is 15.1. The van der Waals surface area contributed by atoms with Crippen molar-refractivity contribution in [3.63, 3.8) is 0 Å². The van der Waals surface area contributed by atoms with Gasteiger partial charge in [0.25, 0.3) is 17.6 Å². The number of amides is 4. The van der Waals surface area contributed by atoms with Gasteiger partial charge in [-0.1, -0.05) is 82.2 Å². The van der Waals surface area contributed by atoms with Crippen LogP contribution in [0.2, 0.25) is 0 Å². The summed E-state index contributed by atoms with van der Waals surface area (Å²) in [4.78, 5) is 69.1. The number of imidazole rings is 2. The molecule has 2 aromatic carbocycles. The van der Waals surface area contributed by atoms with E-state index in [0.717, 1.165) is 22.3 Å². The Morgan fingerprint density at radius 3 is 1.84 bits per heavy atom. The van der Waals surface area contributed by atoms with Gasteiger partial charge >= 0.3 is 6.03 Å². The normalized spacial score (nSPS) is 12.9. The Hall–Kier alpha value is -8.95. The molecule has 0 saturated carbocycles. The van der Waals surface area contributed by atoms with E-state index in [1.54, 1.807) is 89.6 Å². The predicted molar refractivity (Wildman–Crippen MR) is 275 cm³/mol. The Balaban J connectivity index is 0.000000185. The molecule has 0 aliphatic carbocycles. The lowest BCUT2D eigenvalue weighted by Gasteiger charge is -2.28. The molecule has 1 aliphatic heterocycles. The van der Waals surface area contributed by atoms with Crippen molar-refractivity contribution in [3.8, 4) is 33.6 Å². The largest absolute Gasteiger partial charge is 0.351 e. The number of halogens is 2. The Labute approximate surface area is 429 Å². The van der Waals surface area contributed by atoms with Crippen molar-refractivity contribution in [1.82, 2.24) is 75.4 Å². The summed E-state index contributed by atoms with van der Waals surface area (Å²) in [6, 6.07) is 14.9. The summed E-state index contributed by atoms with van der Waals surface area (Å²) in [6.45, 7) is 12.7. The van der Waals surface area contributed by atoms with E-state index in [9.17, 15) is 18.8 Å². The second-order valence-electron chi connectivity index (χ2n) is 20.3. The zero-order chi connectivity index (χ0) is 53.3. The minimum Gasteiger partial charge on any atom is -0.351 e. The van der Waals surface area contributed by atoms with Crippen molar-refractivity contribution in [1.29, 1.82) is 0 Å². The van der Waals surface area contributed by atoms with Gasteiger partial charge in [-0.25, -0.2) is 33.5 Å². The SMILES string of the molecule is CN(C)C(=O)N1CC=C(c2nc3nccc(-c4ccc(CNC(=O)c5noc(C(C)(C)C)n5)c(F)c4)c3[nH]2)CC1.Cn1cc(-c2nc3nccc(-c4ccc(CNC(=O)c5cc(C(C)(C)C)no5)c(F)c4)c3[nH]2)cn1. The Morgan fingerprint density at radius 2 is 1.33 bits per heavy atom. The fourth-order valence-corrected chi connectivity index (χ4v) is 8.07. The number of hydrogen-bond acceptors (Lipinski definition) is 13. The third-order valence-corrected chi connectivity index (χ3v) is 12.3. The van der Waals surface area contributed by atoms with Gasteiger partial charge in [0.15, 0.2) is 11.3 Å². The first-order valence-corrected chi connectivity index (χ1v) is 24.0. The van der Waals surface area contributed by atoms with Crippen LogP contribution in [-0.2, 0) is 31.0 Å². The molecule has 10 rings (SSSR count). The van der Waals surface area contributed by atoms with Crippen LogP contribution >= 0.6 is 0 Å². The second kappa shape index (κ2) is 20.5. The first-order valence-electron chi connectivity index (χ1n) is 24.0. The molecule has 8 heterocycles. The quantitative estimate of drug-likeness (QED) is 0.100. The number of aryl methyl sites for hydroxylation is 1. The third-order valence-electron chi connectivity index (χ3n) is 12.3. The molecule has 0 bridgehead atoms. The zero-order valence-corrected chi connectivity index (χ0v) is 42.8. The number of hydrogen-bond donors (Lipinski definition) is 4. The fourth-order valence-electron chi connectivity index (χ4n) is 8.07. The molecule has 386 valence electrons. The summed E-state index contributed by atoms with van der Waals surface area (Å²) < 4.78 is 42.1. The van der Waals surface area contributed by atoms with Crippen LogP contribution in [0.4, 0.5) is 13.6 Å². The van der Waals surface area contributed by atoms with E-state index in [1.807, 2.05) is 60.9 Å². The van der Waals surface area contributed by atoms with Gasteiger partial charge in [-0.3, -0.25) is 14.3 Å². The van der Waals surface area contributed by atoms with Crippen LogP contribution in [0.15, 0.2) is 94.5 Å². The molecule has 0 saturated heterocycles. The van der Waals surface area contributed by atoms with Crippen molar-refractivity contribution in [3.05, 3.63) is 137 Å². The second-order valence-corrected chi connectivity index (χ2v) is 20.3. The average molecular weight is 1020 g/mol. The number of nitrogens with one attached hydrogen (secondary N) is 4. The number of fused-ring (bicyclic) bond motifs is 2. The fraction of sp³-hybridized carbons (Fsp3) is 0.302. The Kier molecular flexibility index (Phi) is 13.9. The molecule has 0 atom stereocenters. The van der Waals surface area contributed by atoms with Gasteiger partial charge in [0.05, 0.1) is 28.5 Å². The first-order chi connectivity index (χ1) is 35.7. The number of pyridine rings is 2. The molecule has 0 unspecified atom stereocenters. The molecule has 0 radical (unpaired) electrons. The standard InChI is InChI=1S/C28H31FN8O3.C25H24FN7O2/c1-28(2,3)26-34-24(35-40-26)25(38)31-15-18-7-6-17(14-20(18)29)19-8-11-30-23-21(19)32-22(33-23)16-9-12-37(13-10-16)27(39)36(4)5;1-25(2,3)20-10-19(35-32-20)24(34)28-11-15-6-5-14(9-18(15)26)17-7-8-27-23-21(17)30-22(31-23)16-12-29-33(4)13-16/h6-9,11,14H,10,12-13,15H2,1-5H3,(H,31,38)(H,30,32,33);5-10,12-13H,11H2,1-4H3,(H,28,34)(H,27,30,31). The van der Waals surface area contributed by atoms with E-state index >= 15 is 4.39 Å². The smallest absolute Gasteiger partial charge is 0.319 e. The summed E-state index contributed by atoms with van der Waals surface area (Å²) in [5.41, 5.74) is 7.81. The van der Waals surface area contributed by atoms with Crippen molar-refractivity contribution in [2.24, 2.45) is 7.05 Å². The number of carbonyl (C=O) groups is 3. The minimum atomic E-state index is -0.547. The molecule has 0 spiro atoms. The van der Waals surface area contributed by atoms with Crippen LogP contribution in [0.3, 0.4) is 0 Å². The van der Waals surface area contributed by atoms with Gasteiger partial charge in [-0.15, -0.1) is 0 Å². The molecular formula is C53H55F2N15O5. The van der Waals surface area contributed by atoms with E-state index in [-0.39, 0.29) is 41.5 Å². The van der Waals surface area contributed by atoms with Crippen molar-refractivity contribution in [2.45, 2.75) is 71.9 Å². The van der Waals surface area contributed by atoms with Gasteiger partial charge in [-0.2, -0.15) is 10.1 Å².